The van der Waals surface area contributed by atoms with E-state index in [1.54, 1.807) is 0 Å². The lowest BCUT2D eigenvalue weighted by atomic mass is 9.90. The first kappa shape index (κ1) is 15.2. The molecule has 1 fully saturated rings. The summed E-state index contributed by atoms with van der Waals surface area (Å²) >= 11 is 0. The van der Waals surface area contributed by atoms with Crippen LogP contribution in [0.2, 0.25) is 0 Å². The van der Waals surface area contributed by atoms with Gasteiger partial charge in [0.15, 0.2) is 5.78 Å². The zero-order valence-corrected chi connectivity index (χ0v) is 13.0. The number of aryl methyl sites for hydroxylation is 2. The number of carbonyl (C=O) groups excluding carboxylic acids is 1. The van der Waals surface area contributed by atoms with E-state index in [9.17, 15) is 9.18 Å². The van der Waals surface area contributed by atoms with Gasteiger partial charge in [-0.15, -0.1) is 0 Å². The second kappa shape index (κ2) is 5.65. The summed E-state index contributed by atoms with van der Waals surface area (Å²) in [6, 6.07) is 3.14. The van der Waals surface area contributed by atoms with Gasteiger partial charge >= 0.3 is 0 Å². The number of piperidine rings is 1. The Labute approximate surface area is 121 Å². The predicted octanol–water partition coefficient (Wildman–Crippen LogP) is 3.18. The molecule has 0 N–H and O–H groups in total. The maximum atomic E-state index is 13.3. The zero-order chi connectivity index (χ0) is 14.9. The van der Waals surface area contributed by atoms with E-state index in [1.807, 2.05) is 13.8 Å². The molecular weight excluding hydrogens is 253 g/mol. The van der Waals surface area contributed by atoms with Gasteiger partial charge in [-0.1, -0.05) is 0 Å². The molecule has 0 spiro atoms. The molecule has 0 bridgehead atoms. The number of ketones is 1. The average molecular weight is 278 g/mol. The zero-order valence-electron chi connectivity index (χ0n) is 13.0. The highest BCUT2D eigenvalue weighted by Crippen LogP contribution is 2.25. The van der Waals surface area contributed by atoms with Crippen LogP contribution in [-0.4, -0.2) is 36.9 Å². The first-order chi connectivity index (χ1) is 9.31. The van der Waals surface area contributed by atoms with E-state index in [-0.39, 0.29) is 11.9 Å². The van der Waals surface area contributed by atoms with Crippen molar-refractivity contribution in [2.24, 2.45) is 0 Å². The molecule has 110 valence electrons. The first-order valence-corrected chi connectivity index (χ1v) is 7.42. The van der Waals surface area contributed by atoms with Crippen LogP contribution in [0.4, 0.5) is 4.39 Å². The van der Waals surface area contributed by atoms with Crippen molar-refractivity contribution in [2.75, 3.05) is 20.6 Å². The number of nitrogens with zero attached hydrogens (tertiary/aromatic N) is 1. The Morgan fingerprint density at radius 1 is 1.25 bits per heavy atom. The second-order valence-corrected chi connectivity index (χ2v) is 6.68. The third kappa shape index (κ3) is 3.09. The van der Waals surface area contributed by atoms with Crippen molar-refractivity contribution in [3.8, 4) is 0 Å². The standard InChI is InChI=1S/C17H25FNO/c1-12-9-14(18)10-13(2)15(12)11-17(20)16-7-5-6-8-19(16,3)4/h9-10,16H,5-8,11H2,1-4H3/q+1. The lowest BCUT2D eigenvalue weighted by Crippen LogP contribution is -2.56. The lowest BCUT2D eigenvalue weighted by Gasteiger charge is -2.40. The number of Topliss-reactive ketones (excluding diaryl/α,β-unsaturated/α-hetero) is 1. The van der Waals surface area contributed by atoms with Gasteiger partial charge in [-0.05, 0) is 55.5 Å². The van der Waals surface area contributed by atoms with Crippen molar-refractivity contribution in [3.63, 3.8) is 0 Å². The molecule has 1 aliphatic rings. The summed E-state index contributed by atoms with van der Waals surface area (Å²) in [7, 11) is 4.29. The van der Waals surface area contributed by atoms with Gasteiger partial charge in [0.1, 0.15) is 11.9 Å². The first-order valence-electron chi connectivity index (χ1n) is 7.42. The summed E-state index contributed by atoms with van der Waals surface area (Å²) in [4.78, 5) is 12.7. The monoisotopic (exact) mass is 278 g/mol. The minimum absolute atomic E-state index is 0.0904. The van der Waals surface area contributed by atoms with Crippen LogP contribution in [-0.2, 0) is 11.2 Å². The Morgan fingerprint density at radius 2 is 1.85 bits per heavy atom. The molecule has 1 heterocycles. The molecule has 0 amide bonds. The Balaban J connectivity index is 2.20. The van der Waals surface area contributed by atoms with Crippen LogP contribution >= 0.6 is 0 Å². The maximum absolute atomic E-state index is 13.3. The molecule has 1 aliphatic heterocycles. The lowest BCUT2D eigenvalue weighted by molar-refractivity contribution is -0.910. The van der Waals surface area contributed by atoms with E-state index < -0.39 is 0 Å². The smallest absolute Gasteiger partial charge is 0.194 e. The largest absolute Gasteiger partial charge is 0.320 e. The molecular formula is C17H25FNO+. The van der Waals surface area contributed by atoms with Crippen molar-refractivity contribution in [1.82, 2.24) is 0 Å². The minimum Gasteiger partial charge on any atom is -0.320 e. The molecule has 0 saturated carbocycles. The van der Waals surface area contributed by atoms with Crippen molar-refractivity contribution in [1.29, 1.82) is 0 Å². The molecule has 0 aromatic heterocycles. The number of halogens is 1. The molecule has 0 radical (unpaired) electrons. The maximum Gasteiger partial charge on any atom is 0.194 e. The third-order valence-electron chi connectivity index (χ3n) is 4.69. The number of likely N-dealkylation sites (N-methyl/N-ethyl adjacent to an activating group) is 1. The molecule has 1 saturated heterocycles. The molecule has 1 aromatic carbocycles. The number of carbonyl (C=O) groups is 1. The van der Waals surface area contributed by atoms with E-state index in [0.29, 0.717) is 12.2 Å². The summed E-state index contributed by atoms with van der Waals surface area (Å²) in [5.41, 5.74) is 2.77. The summed E-state index contributed by atoms with van der Waals surface area (Å²) in [5, 5.41) is 0. The minimum atomic E-state index is -0.218. The SMILES string of the molecule is Cc1cc(F)cc(C)c1CC(=O)C1CCCC[N+]1(C)C. The van der Waals surface area contributed by atoms with Gasteiger partial charge in [0.05, 0.1) is 20.6 Å². The number of quaternary nitrogens is 1. The van der Waals surface area contributed by atoms with Crippen LogP contribution in [0.5, 0.6) is 0 Å². The van der Waals surface area contributed by atoms with Crippen LogP contribution in [0.1, 0.15) is 36.0 Å². The van der Waals surface area contributed by atoms with Gasteiger partial charge < -0.3 is 4.48 Å². The Kier molecular flexibility index (Phi) is 4.28. The van der Waals surface area contributed by atoms with E-state index >= 15 is 0 Å². The van der Waals surface area contributed by atoms with Crippen LogP contribution in [0, 0.1) is 19.7 Å². The topological polar surface area (TPSA) is 17.1 Å². The van der Waals surface area contributed by atoms with Crippen molar-refractivity contribution in [2.45, 2.75) is 45.6 Å². The Hall–Kier alpha value is -1.22. The quantitative estimate of drug-likeness (QED) is 0.776. The van der Waals surface area contributed by atoms with Crippen LogP contribution < -0.4 is 0 Å². The molecule has 1 atom stereocenters. The number of hydrogen-bond donors (Lipinski definition) is 0. The Bertz CT molecular complexity index is 499. The van der Waals surface area contributed by atoms with Crippen LogP contribution in [0.3, 0.4) is 0 Å². The summed E-state index contributed by atoms with van der Waals surface area (Å²) < 4.78 is 14.1. The van der Waals surface area contributed by atoms with Gasteiger partial charge in [0, 0.05) is 12.8 Å². The van der Waals surface area contributed by atoms with E-state index in [2.05, 4.69) is 14.1 Å². The highest BCUT2D eigenvalue weighted by molar-refractivity contribution is 5.85. The van der Waals surface area contributed by atoms with E-state index in [0.717, 1.165) is 40.6 Å². The van der Waals surface area contributed by atoms with Crippen molar-refractivity contribution >= 4 is 5.78 Å². The molecule has 2 nitrogen and oxygen atoms in total. The van der Waals surface area contributed by atoms with Gasteiger partial charge in [-0.3, -0.25) is 4.79 Å². The molecule has 0 aliphatic carbocycles. The highest BCUT2D eigenvalue weighted by atomic mass is 19.1. The summed E-state index contributed by atoms with van der Waals surface area (Å²) in [6.07, 6.45) is 3.75. The van der Waals surface area contributed by atoms with Crippen molar-refractivity contribution in [3.05, 3.63) is 34.6 Å². The third-order valence-corrected chi connectivity index (χ3v) is 4.69. The van der Waals surface area contributed by atoms with E-state index in [1.165, 1.54) is 18.6 Å². The number of hydrogen-bond acceptors (Lipinski definition) is 1. The van der Waals surface area contributed by atoms with Crippen LogP contribution in [0.15, 0.2) is 12.1 Å². The molecule has 2 rings (SSSR count). The van der Waals surface area contributed by atoms with Gasteiger partial charge in [0.25, 0.3) is 0 Å². The van der Waals surface area contributed by atoms with Gasteiger partial charge in [-0.25, -0.2) is 4.39 Å². The number of rotatable bonds is 3. The van der Waals surface area contributed by atoms with Crippen molar-refractivity contribution < 1.29 is 13.7 Å². The molecule has 3 heteroatoms. The molecule has 1 unspecified atom stereocenters. The van der Waals surface area contributed by atoms with E-state index in [4.69, 9.17) is 0 Å². The fourth-order valence-corrected chi connectivity index (χ4v) is 3.42. The average Bonchev–Trinajstić information content (AvgIpc) is 2.32. The van der Waals surface area contributed by atoms with Gasteiger partial charge in [-0.2, -0.15) is 0 Å². The molecule has 20 heavy (non-hydrogen) atoms. The summed E-state index contributed by atoms with van der Waals surface area (Å²) in [5.74, 6) is 0.0810. The Morgan fingerprint density at radius 3 is 2.40 bits per heavy atom. The number of benzene rings is 1. The second-order valence-electron chi connectivity index (χ2n) is 6.68. The fraction of sp³-hybridized carbons (Fsp3) is 0.588. The van der Waals surface area contributed by atoms with Crippen LogP contribution in [0.25, 0.3) is 0 Å². The predicted molar refractivity (Wildman–Crippen MR) is 79.2 cm³/mol. The molecule has 1 aromatic rings. The number of likely N-dealkylation sites (tertiary alicyclic amines) is 1. The highest BCUT2D eigenvalue weighted by Gasteiger charge is 2.36. The van der Waals surface area contributed by atoms with Gasteiger partial charge in [0.2, 0.25) is 0 Å². The summed E-state index contributed by atoms with van der Waals surface area (Å²) in [6.45, 7) is 4.84. The fourth-order valence-electron chi connectivity index (χ4n) is 3.42. The normalized spacial score (nSPS) is 21.8.